The molecule has 1 aliphatic carbocycles. The van der Waals surface area contributed by atoms with E-state index < -0.39 is 0 Å². The van der Waals surface area contributed by atoms with Crippen molar-refractivity contribution in [2.45, 2.75) is 84.3 Å². The van der Waals surface area contributed by atoms with Gasteiger partial charge in [-0.1, -0.05) is 91.2 Å². The third kappa shape index (κ3) is 6.33. The Balaban J connectivity index is 1.43. The molecule has 0 radical (unpaired) electrons. The molecule has 0 spiro atoms. The van der Waals surface area contributed by atoms with Gasteiger partial charge in [0.1, 0.15) is 0 Å². The fourth-order valence-corrected chi connectivity index (χ4v) is 5.96. The Morgan fingerprint density at radius 1 is 0.973 bits per heavy atom. The first-order chi connectivity index (χ1) is 17.7. The summed E-state index contributed by atoms with van der Waals surface area (Å²) in [5.74, 6) is 0.519. The molecule has 196 valence electrons. The van der Waals surface area contributed by atoms with Crippen molar-refractivity contribution in [3.63, 3.8) is 0 Å². The number of benzene rings is 3. The molecule has 3 heteroatoms. The van der Waals surface area contributed by atoms with Crippen LogP contribution in [-0.2, 0) is 16.9 Å². The van der Waals surface area contributed by atoms with Crippen molar-refractivity contribution in [1.29, 1.82) is 0 Å². The van der Waals surface area contributed by atoms with Gasteiger partial charge >= 0.3 is 0 Å². The summed E-state index contributed by atoms with van der Waals surface area (Å²) in [5.41, 5.74) is 7.56. The lowest BCUT2D eigenvalue weighted by molar-refractivity contribution is -0.127. The van der Waals surface area contributed by atoms with Crippen LogP contribution in [0.3, 0.4) is 0 Å². The fraction of sp³-hybridized carbons (Fsp3) is 0.441. The summed E-state index contributed by atoms with van der Waals surface area (Å²) in [6.45, 7) is 11.8. The number of hydrogen-bond donors (Lipinski definition) is 1. The third-order valence-corrected chi connectivity index (χ3v) is 8.62. The third-order valence-electron chi connectivity index (χ3n) is 8.62. The first-order valence-corrected chi connectivity index (χ1v) is 13.9. The van der Waals surface area contributed by atoms with Gasteiger partial charge in [-0.3, -0.25) is 9.69 Å². The van der Waals surface area contributed by atoms with E-state index in [0.29, 0.717) is 0 Å². The van der Waals surface area contributed by atoms with Crippen LogP contribution in [0.1, 0.15) is 91.8 Å². The van der Waals surface area contributed by atoms with E-state index in [4.69, 9.17) is 0 Å². The maximum absolute atomic E-state index is 13.5. The Morgan fingerprint density at radius 2 is 1.65 bits per heavy atom. The van der Waals surface area contributed by atoms with Crippen molar-refractivity contribution in [2.75, 3.05) is 7.05 Å². The highest BCUT2D eigenvalue weighted by molar-refractivity contribution is 5.80. The van der Waals surface area contributed by atoms with Crippen LogP contribution in [0.2, 0.25) is 0 Å². The number of hydrogen-bond acceptors (Lipinski definition) is 2. The van der Waals surface area contributed by atoms with Gasteiger partial charge < -0.3 is 5.32 Å². The minimum Gasteiger partial charge on any atom is -0.349 e. The van der Waals surface area contributed by atoms with Crippen LogP contribution >= 0.6 is 0 Å². The first kappa shape index (κ1) is 27.1. The molecule has 0 saturated heterocycles. The number of aryl methyl sites for hydroxylation is 2. The average molecular weight is 497 g/mol. The summed E-state index contributed by atoms with van der Waals surface area (Å²) < 4.78 is 0. The number of nitrogens with one attached hydrogen (secondary N) is 1. The van der Waals surface area contributed by atoms with Crippen molar-refractivity contribution < 1.29 is 4.79 Å². The standard InChI is InChI=1S/C34H44N2O/c1-24-16-21-30(25(2)22-24)26(3)35-33(37)32-15-11-10-14-31(32)28-19-17-27(18-20-28)23-36(6)34(4,5)29-12-8-7-9-13-29/h7-9,12-13,16-22,26,31-32H,10-11,14-15,23H2,1-6H3,(H,35,37)/t26?,31-,32?/m1/s1. The van der Waals surface area contributed by atoms with Crippen LogP contribution in [0.15, 0.2) is 72.8 Å². The van der Waals surface area contributed by atoms with Crippen molar-refractivity contribution in [3.8, 4) is 0 Å². The SMILES string of the molecule is Cc1ccc(C(C)NC(=O)C2CCCC[C@@H]2c2ccc(CN(C)C(C)(C)c3ccccc3)cc2)c(C)c1. The maximum Gasteiger partial charge on any atom is 0.224 e. The monoisotopic (exact) mass is 496 g/mol. The molecule has 3 aromatic carbocycles. The maximum atomic E-state index is 13.5. The number of carbonyl (C=O) groups is 1. The van der Waals surface area contributed by atoms with E-state index in [-0.39, 0.29) is 29.3 Å². The Morgan fingerprint density at radius 3 is 2.32 bits per heavy atom. The minimum atomic E-state index is -0.0566. The molecule has 3 atom stereocenters. The highest BCUT2D eigenvalue weighted by Crippen LogP contribution is 2.39. The molecule has 1 N–H and O–H groups in total. The summed E-state index contributed by atoms with van der Waals surface area (Å²) >= 11 is 0. The summed E-state index contributed by atoms with van der Waals surface area (Å²) in [7, 11) is 2.19. The van der Waals surface area contributed by atoms with Crippen LogP contribution in [0.25, 0.3) is 0 Å². The van der Waals surface area contributed by atoms with Gasteiger partial charge in [0.15, 0.2) is 0 Å². The predicted molar refractivity (Wildman–Crippen MR) is 155 cm³/mol. The molecule has 1 amide bonds. The van der Waals surface area contributed by atoms with Crippen molar-refractivity contribution in [2.24, 2.45) is 5.92 Å². The number of rotatable bonds is 8. The molecule has 0 aromatic heterocycles. The van der Waals surface area contributed by atoms with Gasteiger partial charge in [-0.15, -0.1) is 0 Å². The van der Waals surface area contributed by atoms with E-state index >= 15 is 0 Å². The zero-order chi connectivity index (χ0) is 26.6. The summed E-state index contributed by atoms with van der Waals surface area (Å²) in [4.78, 5) is 15.9. The minimum absolute atomic E-state index is 0.0153. The molecule has 3 nitrogen and oxygen atoms in total. The molecular formula is C34H44N2O. The van der Waals surface area contributed by atoms with Crippen LogP contribution in [-0.4, -0.2) is 17.9 Å². The van der Waals surface area contributed by atoms with Crippen molar-refractivity contribution in [1.82, 2.24) is 10.2 Å². The molecule has 0 heterocycles. The van der Waals surface area contributed by atoms with Gasteiger partial charge in [-0.25, -0.2) is 0 Å². The van der Waals surface area contributed by atoms with Crippen molar-refractivity contribution >= 4 is 5.91 Å². The zero-order valence-electron chi connectivity index (χ0n) is 23.6. The highest BCUT2D eigenvalue weighted by atomic mass is 16.2. The molecule has 0 aliphatic heterocycles. The Hall–Kier alpha value is -2.91. The van der Waals surface area contributed by atoms with E-state index in [2.05, 4.69) is 125 Å². The second kappa shape index (κ2) is 11.6. The topological polar surface area (TPSA) is 32.3 Å². The van der Waals surface area contributed by atoms with Gasteiger partial charge in [0.25, 0.3) is 0 Å². The van der Waals surface area contributed by atoms with Gasteiger partial charge in [0.05, 0.1) is 6.04 Å². The van der Waals surface area contributed by atoms with Crippen LogP contribution in [0, 0.1) is 19.8 Å². The molecule has 0 bridgehead atoms. The first-order valence-electron chi connectivity index (χ1n) is 13.9. The molecule has 2 unspecified atom stereocenters. The quantitative estimate of drug-likeness (QED) is 0.345. The fourth-order valence-electron chi connectivity index (χ4n) is 5.96. The van der Waals surface area contributed by atoms with Crippen molar-refractivity contribution in [3.05, 3.63) is 106 Å². The predicted octanol–water partition coefficient (Wildman–Crippen LogP) is 7.82. The Bertz CT molecular complexity index is 1180. The van der Waals surface area contributed by atoms with Crippen LogP contribution in [0.4, 0.5) is 0 Å². The second-order valence-corrected chi connectivity index (χ2v) is 11.6. The summed E-state index contributed by atoms with van der Waals surface area (Å²) in [5, 5.41) is 3.35. The number of carbonyl (C=O) groups excluding carboxylic acids is 1. The number of amides is 1. The summed E-state index contributed by atoms with van der Waals surface area (Å²) in [6.07, 6.45) is 4.36. The molecule has 1 aliphatic rings. The lowest BCUT2D eigenvalue weighted by Crippen LogP contribution is -2.38. The Kier molecular flexibility index (Phi) is 8.54. The second-order valence-electron chi connectivity index (χ2n) is 11.6. The van der Waals surface area contributed by atoms with E-state index in [1.165, 1.54) is 39.8 Å². The molecule has 37 heavy (non-hydrogen) atoms. The van der Waals surface area contributed by atoms with Gasteiger partial charge in [-0.05, 0) is 88.2 Å². The molecule has 3 aromatic rings. The van der Waals surface area contributed by atoms with E-state index in [1.54, 1.807) is 0 Å². The lowest BCUT2D eigenvalue weighted by atomic mass is 9.74. The van der Waals surface area contributed by atoms with Gasteiger partial charge in [-0.2, -0.15) is 0 Å². The molecular weight excluding hydrogens is 452 g/mol. The van der Waals surface area contributed by atoms with Gasteiger partial charge in [0.2, 0.25) is 5.91 Å². The lowest BCUT2D eigenvalue weighted by Gasteiger charge is -2.36. The van der Waals surface area contributed by atoms with E-state index in [0.717, 1.165) is 25.8 Å². The number of nitrogens with zero attached hydrogens (tertiary/aromatic N) is 1. The molecule has 4 rings (SSSR count). The highest BCUT2D eigenvalue weighted by Gasteiger charge is 2.33. The van der Waals surface area contributed by atoms with E-state index in [9.17, 15) is 4.79 Å². The smallest absolute Gasteiger partial charge is 0.224 e. The largest absolute Gasteiger partial charge is 0.349 e. The van der Waals surface area contributed by atoms with E-state index in [1.807, 2.05) is 0 Å². The molecule has 1 fully saturated rings. The Labute approximate surface area is 224 Å². The normalized spacial score (nSPS) is 19.0. The van der Waals surface area contributed by atoms with Crippen LogP contribution < -0.4 is 5.32 Å². The summed E-state index contributed by atoms with van der Waals surface area (Å²) in [6, 6.07) is 26.2. The zero-order valence-corrected chi connectivity index (χ0v) is 23.6. The average Bonchev–Trinajstić information content (AvgIpc) is 2.89. The molecule has 1 saturated carbocycles. The van der Waals surface area contributed by atoms with Gasteiger partial charge in [0, 0.05) is 18.0 Å². The van der Waals surface area contributed by atoms with Crippen LogP contribution in [0.5, 0.6) is 0 Å².